The molecule has 0 radical (unpaired) electrons. The summed E-state index contributed by atoms with van der Waals surface area (Å²) < 4.78 is 7.72. The standard InChI is InChI=1S/C28H24N6O2/c1-2-6-24(35)32-21-13-9-19(10-14-21)17-34-28-25(27(29)30-18-31-28)26(33-34)20-11-15-23(16-12-20)36-22-7-4-3-5-8-22/h2-16,18H,17H2,1H3,(H,32,35)(H2,29,30,31). The van der Waals surface area contributed by atoms with E-state index in [1.54, 1.807) is 13.0 Å². The van der Waals surface area contributed by atoms with E-state index in [1.165, 1.54) is 12.4 Å². The van der Waals surface area contributed by atoms with Crippen LogP contribution in [0.3, 0.4) is 0 Å². The molecule has 0 aliphatic rings. The lowest BCUT2D eigenvalue weighted by Gasteiger charge is -2.06. The van der Waals surface area contributed by atoms with Gasteiger partial charge in [-0.3, -0.25) is 4.79 Å². The van der Waals surface area contributed by atoms with Gasteiger partial charge in [0.2, 0.25) is 5.91 Å². The number of nitrogens with two attached hydrogens (primary N) is 1. The fourth-order valence-electron chi connectivity index (χ4n) is 3.85. The van der Waals surface area contributed by atoms with Crippen LogP contribution in [0.25, 0.3) is 22.3 Å². The van der Waals surface area contributed by atoms with Crippen molar-refractivity contribution in [1.29, 1.82) is 0 Å². The Labute approximate surface area is 208 Å². The fourth-order valence-corrected chi connectivity index (χ4v) is 3.85. The molecule has 0 spiro atoms. The van der Waals surface area contributed by atoms with Crippen LogP contribution in [-0.4, -0.2) is 25.7 Å². The molecule has 5 rings (SSSR count). The van der Waals surface area contributed by atoms with Gasteiger partial charge in [0, 0.05) is 11.3 Å². The number of nitrogens with zero attached hydrogens (tertiary/aromatic N) is 4. The Morgan fingerprint density at radius 1 is 0.972 bits per heavy atom. The van der Waals surface area contributed by atoms with Crippen molar-refractivity contribution >= 4 is 28.4 Å². The zero-order valence-corrected chi connectivity index (χ0v) is 19.6. The molecule has 3 N–H and O–H groups in total. The Hall–Kier alpha value is -4.98. The molecule has 0 saturated heterocycles. The van der Waals surface area contributed by atoms with Crippen LogP contribution in [0.15, 0.2) is 97.3 Å². The molecule has 2 heterocycles. The first-order valence-electron chi connectivity index (χ1n) is 11.4. The number of hydrogen-bond donors (Lipinski definition) is 2. The van der Waals surface area contributed by atoms with Gasteiger partial charge in [0.05, 0.1) is 11.9 Å². The third-order valence-corrected chi connectivity index (χ3v) is 5.54. The maximum atomic E-state index is 11.8. The van der Waals surface area contributed by atoms with E-state index in [0.29, 0.717) is 29.1 Å². The molecule has 2 aromatic heterocycles. The Kier molecular flexibility index (Phi) is 6.40. The highest BCUT2D eigenvalue weighted by molar-refractivity contribution is 5.99. The molecule has 0 unspecified atom stereocenters. The lowest BCUT2D eigenvalue weighted by Crippen LogP contribution is -2.08. The first kappa shape index (κ1) is 22.8. The number of nitrogen functional groups attached to an aromatic ring is 1. The van der Waals surface area contributed by atoms with Gasteiger partial charge in [-0.15, -0.1) is 0 Å². The number of carbonyl (C=O) groups excluding carboxylic acids is 1. The topological polar surface area (TPSA) is 108 Å². The quantitative estimate of drug-likeness (QED) is 0.303. The van der Waals surface area contributed by atoms with Crippen LogP contribution in [0, 0.1) is 0 Å². The van der Waals surface area contributed by atoms with E-state index in [2.05, 4.69) is 15.3 Å². The number of ether oxygens (including phenoxy) is 1. The molecule has 1 amide bonds. The van der Waals surface area contributed by atoms with Gasteiger partial charge >= 0.3 is 0 Å². The van der Waals surface area contributed by atoms with Gasteiger partial charge < -0.3 is 15.8 Å². The second-order valence-corrected chi connectivity index (χ2v) is 8.09. The summed E-state index contributed by atoms with van der Waals surface area (Å²) in [4.78, 5) is 20.4. The van der Waals surface area contributed by atoms with Gasteiger partial charge in [0.1, 0.15) is 29.3 Å². The molecule has 8 nitrogen and oxygen atoms in total. The van der Waals surface area contributed by atoms with E-state index in [-0.39, 0.29) is 5.91 Å². The molecule has 0 atom stereocenters. The van der Waals surface area contributed by atoms with Crippen molar-refractivity contribution in [2.75, 3.05) is 11.1 Å². The minimum absolute atomic E-state index is 0.166. The molecular formula is C28H24N6O2. The first-order valence-corrected chi connectivity index (χ1v) is 11.4. The number of nitrogens with one attached hydrogen (secondary N) is 1. The second kappa shape index (κ2) is 10.1. The Morgan fingerprint density at radius 3 is 2.42 bits per heavy atom. The fraction of sp³-hybridized carbons (Fsp3) is 0.0714. The van der Waals surface area contributed by atoms with E-state index in [9.17, 15) is 4.79 Å². The van der Waals surface area contributed by atoms with Crippen LogP contribution in [0.4, 0.5) is 11.5 Å². The summed E-state index contributed by atoms with van der Waals surface area (Å²) in [6, 6.07) is 24.9. The number of aromatic nitrogens is 4. The Balaban J connectivity index is 1.42. The minimum Gasteiger partial charge on any atom is -0.457 e. The Morgan fingerprint density at radius 2 is 1.69 bits per heavy atom. The molecular weight excluding hydrogens is 452 g/mol. The van der Waals surface area contributed by atoms with Crippen molar-refractivity contribution in [2.45, 2.75) is 13.5 Å². The number of fused-ring (bicyclic) bond motifs is 1. The van der Waals surface area contributed by atoms with Crippen LogP contribution in [0.5, 0.6) is 11.5 Å². The van der Waals surface area contributed by atoms with Crippen molar-refractivity contribution in [3.63, 3.8) is 0 Å². The Bertz CT molecular complexity index is 1520. The average molecular weight is 477 g/mol. The second-order valence-electron chi connectivity index (χ2n) is 8.09. The molecule has 36 heavy (non-hydrogen) atoms. The van der Waals surface area contributed by atoms with E-state index < -0.39 is 0 Å². The lowest BCUT2D eigenvalue weighted by atomic mass is 10.1. The van der Waals surface area contributed by atoms with Gasteiger partial charge in [-0.2, -0.15) is 5.10 Å². The summed E-state index contributed by atoms with van der Waals surface area (Å²) in [5, 5.41) is 8.36. The van der Waals surface area contributed by atoms with E-state index in [4.69, 9.17) is 15.6 Å². The van der Waals surface area contributed by atoms with Gasteiger partial charge in [-0.25, -0.2) is 14.6 Å². The molecule has 0 bridgehead atoms. The summed E-state index contributed by atoms with van der Waals surface area (Å²) >= 11 is 0. The van der Waals surface area contributed by atoms with Gasteiger partial charge in [0.15, 0.2) is 5.65 Å². The van der Waals surface area contributed by atoms with Crippen molar-refractivity contribution in [3.8, 4) is 22.8 Å². The van der Waals surface area contributed by atoms with Crippen molar-refractivity contribution in [2.24, 2.45) is 0 Å². The number of allylic oxidation sites excluding steroid dienone is 1. The number of carbonyl (C=O) groups is 1. The zero-order valence-electron chi connectivity index (χ0n) is 19.6. The smallest absolute Gasteiger partial charge is 0.248 e. The summed E-state index contributed by atoms with van der Waals surface area (Å²) in [5.74, 6) is 1.69. The highest BCUT2D eigenvalue weighted by Gasteiger charge is 2.17. The highest BCUT2D eigenvalue weighted by atomic mass is 16.5. The van der Waals surface area contributed by atoms with Crippen LogP contribution < -0.4 is 15.8 Å². The summed E-state index contributed by atoms with van der Waals surface area (Å²) in [6.45, 7) is 2.28. The van der Waals surface area contributed by atoms with Gasteiger partial charge in [-0.05, 0) is 67.1 Å². The molecule has 0 saturated carbocycles. The predicted octanol–water partition coefficient (Wildman–Crippen LogP) is 5.43. The third kappa shape index (κ3) is 4.92. The number of hydrogen-bond acceptors (Lipinski definition) is 6. The third-order valence-electron chi connectivity index (χ3n) is 5.54. The lowest BCUT2D eigenvalue weighted by molar-refractivity contribution is -0.111. The van der Waals surface area contributed by atoms with Crippen LogP contribution in [0.1, 0.15) is 12.5 Å². The maximum Gasteiger partial charge on any atom is 0.248 e. The summed E-state index contributed by atoms with van der Waals surface area (Å²) in [5.41, 5.74) is 10.2. The number of rotatable bonds is 7. The predicted molar refractivity (Wildman–Crippen MR) is 141 cm³/mol. The first-order chi connectivity index (χ1) is 17.6. The van der Waals surface area contributed by atoms with E-state index in [1.807, 2.05) is 83.5 Å². The van der Waals surface area contributed by atoms with Crippen molar-refractivity contribution in [1.82, 2.24) is 19.7 Å². The maximum absolute atomic E-state index is 11.8. The molecule has 0 fully saturated rings. The monoisotopic (exact) mass is 476 g/mol. The molecule has 0 aliphatic carbocycles. The average Bonchev–Trinajstić information content (AvgIpc) is 3.26. The van der Waals surface area contributed by atoms with E-state index in [0.717, 1.165) is 28.3 Å². The van der Waals surface area contributed by atoms with Crippen LogP contribution >= 0.6 is 0 Å². The molecule has 3 aromatic carbocycles. The minimum atomic E-state index is -0.166. The molecule has 0 aliphatic heterocycles. The molecule has 178 valence electrons. The summed E-state index contributed by atoms with van der Waals surface area (Å²) in [7, 11) is 0. The zero-order chi connectivity index (χ0) is 24.9. The van der Waals surface area contributed by atoms with E-state index >= 15 is 0 Å². The number of anilines is 2. The number of benzene rings is 3. The summed E-state index contributed by atoms with van der Waals surface area (Å²) in [6.07, 6.45) is 4.62. The van der Waals surface area contributed by atoms with Crippen molar-refractivity contribution in [3.05, 3.63) is 103 Å². The van der Waals surface area contributed by atoms with Crippen molar-refractivity contribution < 1.29 is 9.53 Å². The number of para-hydroxylation sites is 1. The largest absolute Gasteiger partial charge is 0.457 e. The van der Waals surface area contributed by atoms with Crippen LogP contribution in [0.2, 0.25) is 0 Å². The normalized spacial score (nSPS) is 11.1. The van der Waals surface area contributed by atoms with Gasteiger partial charge in [-0.1, -0.05) is 36.4 Å². The number of amides is 1. The molecule has 8 heteroatoms. The molecule has 5 aromatic rings. The SMILES string of the molecule is CC=CC(=O)Nc1ccc(Cn2nc(-c3ccc(Oc4ccccc4)cc3)c3c(N)ncnc32)cc1. The highest BCUT2D eigenvalue weighted by Crippen LogP contribution is 2.32. The van der Waals surface area contributed by atoms with Gasteiger partial charge in [0.25, 0.3) is 0 Å². The van der Waals surface area contributed by atoms with Crippen LogP contribution in [-0.2, 0) is 11.3 Å².